The number of halogens is 2. The second-order valence-corrected chi connectivity index (χ2v) is 8.27. The number of hydrazone groups is 1. The van der Waals surface area contributed by atoms with Crippen molar-refractivity contribution in [2.75, 3.05) is 0 Å². The molecule has 3 aliphatic rings. The number of hydrogen-bond donors (Lipinski definition) is 0. The minimum Gasteiger partial charge on any atom is -0.488 e. The monoisotopic (exact) mass is 424 g/mol. The minimum absolute atomic E-state index is 0.137. The number of allylic oxidation sites excluding steroid dienone is 2. The number of hydrogen-bond acceptors (Lipinski definition) is 4. The summed E-state index contributed by atoms with van der Waals surface area (Å²) in [6.07, 6.45) is 6.39. The first kappa shape index (κ1) is 19.0. The van der Waals surface area contributed by atoms with E-state index in [4.69, 9.17) is 16.3 Å². The van der Waals surface area contributed by atoms with Crippen LogP contribution in [0.25, 0.3) is 0 Å². The van der Waals surface area contributed by atoms with E-state index in [1.54, 1.807) is 30.3 Å². The van der Waals surface area contributed by atoms with Gasteiger partial charge in [-0.1, -0.05) is 35.9 Å². The molecule has 2 aliphatic carbocycles. The normalized spacial score (nSPS) is 26.8. The molecule has 7 heteroatoms. The van der Waals surface area contributed by atoms with Crippen molar-refractivity contribution in [3.63, 3.8) is 0 Å². The van der Waals surface area contributed by atoms with Crippen molar-refractivity contribution < 1.29 is 18.7 Å². The standard InChI is InChI=1S/C23H18ClFN2O3/c24-17-5-8-19(30-12-13-1-6-18(25)7-2-13)16(10-17)11-26-27-22(28)20-14-3-4-15(9-14)21(20)23(27)29/h1-8,10-11,14-15,20-21H,9,12H2/t14-,15-,20-,21+/m0/s1. The van der Waals surface area contributed by atoms with Gasteiger partial charge in [-0.2, -0.15) is 10.1 Å². The molecule has 2 amide bonds. The average molecular weight is 425 g/mol. The maximum Gasteiger partial charge on any atom is 0.254 e. The van der Waals surface area contributed by atoms with E-state index >= 15 is 0 Å². The van der Waals surface area contributed by atoms with E-state index in [0.717, 1.165) is 17.0 Å². The number of nitrogens with zero attached hydrogens (tertiary/aromatic N) is 2. The number of imide groups is 1. The maximum atomic E-state index is 13.1. The molecule has 0 radical (unpaired) electrons. The molecular weight excluding hydrogens is 407 g/mol. The Morgan fingerprint density at radius 2 is 1.73 bits per heavy atom. The summed E-state index contributed by atoms with van der Waals surface area (Å²) >= 11 is 6.11. The molecule has 2 bridgehead atoms. The van der Waals surface area contributed by atoms with Gasteiger partial charge in [0.05, 0.1) is 18.1 Å². The van der Waals surface area contributed by atoms with Gasteiger partial charge >= 0.3 is 0 Å². The second-order valence-electron chi connectivity index (χ2n) is 7.83. The Balaban J connectivity index is 1.35. The van der Waals surface area contributed by atoms with Crippen LogP contribution in [0.1, 0.15) is 17.5 Å². The number of fused-ring (bicyclic) bond motifs is 5. The first-order valence-corrected chi connectivity index (χ1v) is 10.2. The lowest BCUT2D eigenvalue weighted by molar-refractivity contribution is -0.140. The van der Waals surface area contributed by atoms with Crippen LogP contribution in [0.4, 0.5) is 4.39 Å². The van der Waals surface area contributed by atoms with Crippen LogP contribution < -0.4 is 4.74 Å². The van der Waals surface area contributed by atoms with Crippen LogP contribution in [0.5, 0.6) is 5.75 Å². The smallest absolute Gasteiger partial charge is 0.254 e. The summed E-state index contributed by atoms with van der Waals surface area (Å²) in [6.45, 7) is 0.226. The van der Waals surface area contributed by atoms with Gasteiger partial charge in [0.1, 0.15) is 18.2 Å². The fourth-order valence-corrected chi connectivity index (χ4v) is 4.79. The highest BCUT2D eigenvalue weighted by Crippen LogP contribution is 2.52. The molecule has 1 heterocycles. The third-order valence-electron chi connectivity index (χ3n) is 6.04. The summed E-state index contributed by atoms with van der Waals surface area (Å²) in [7, 11) is 0. The van der Waals surface area contributed by atoms with Crippen LogP contribution >= 0.6 is 11.6 Å². The summed E-state index contributed by atoms with van der Waals surface area (Å²) in [5, 5.41) is 5.66. The predicted molar refractivity (Wildman–Crippen MR) is 109 cm³/mol. The number of carbonyl (C=O) groups excluding carboxylic acids is 2. The highest BCUT2D eigenvalue weighted by molar-refractivity contribution is 6.31. The lowest BCUT2D eigenvalue weighted by atomic mass is 9.85. The Bertz CT molecular complexity index is 1050. The van der Waals surface area contributed by atoms with Crippen LogP contribution in [-0.2, 0) is 16.2 Å². The molecule has 0 unspecified atom stereocenters. The van der Waals surface area contributed by atoms with Crippen molar-refractivity contribution >= 4 is 29.6 Å². The summed E-state index contributed by atoms with van der Waals surface area (Å²) in [5.41, 5.74) is 1.35. The summed E-state index contributed by atoms with van der Waals surface area (Å²) in [5.74, 6) is -0.617. The third kappa shape index (κ3) is 3.21. The molecule has 0 N–H and O–H groups in total. The molecule has 1 saturated heterocycles. The molecule has 5 nitrogen and oxygen atoms in total. The van der Waals surface area contributed by atoms with Crippen LogP contribution in [0.15, 0.2) is 59.7 Å². The van der Waals surface area contributed by atoms with E-state index in [9.17, 15) is 14.0 Å². The van der Waals surface area contributed by atoms with Gasteiger partial charge in [-0.05, 0) is 54.2 Å². The molecule has 1 aliphatic heterocycles. The summed E-state index contributed by atoms with van der Waals surface area (Å²) in [4.78, 5) is 25.5. The SMILES string of the molecule is O=C1[C@@H]2[C@H](C(=O)N1N=Cc1cc(Cl)ccc1OCc1ccc(F)cc1)[C@H]1C=C[C@H]2C1. The molecule has 2 fully saturated rings. The Labute approximate surface area is 177 Å². The van der Waals surface area contributed by atoms with E-state index in [-0.39, 0.29) is 47.9 Å². The summed E-state index contributed by atoms with van der Waals surface area (Å²) in [6, 6.07) is 11.0. The minimum atomic E-state index is -0.314. The molecule has 30 heavy (non-hydrogen) atoms. The van der Waals surface area contributed by atoms with Crippen molar-refractivity contribution in [3.8, 4) is 5.75 Å². The average Bonchev–Trinajstić information content (AvgIpc) is 3.41. The second kappa shape index (κ2) is 7.36. The van der Waals surface area contributed by atoms with Crippen LogP contribution in [-0.4, -0.2) is 23.0 Å². The van der Waals surface area contributed by atoms with Crippen molar-refractivity contribution in [2.24, 2.45) is 28.8 Å². The zero-order valence-corrected chi connectivity index (χ0v) is 16.6. The molecule has 4 atom stereocenters. The van der Waals surface area contributed by atoms with Crippen molar-refractivity contribution in [3.05, 3.63) is 76.6 Å². The first-order chi connectivity index (χ1) is 14.5. The summed E-state index contributed by atoms with van der Waals surface area (Å²) < 4.78 is 18.9. The van der Waals surface area contributed by atoms with E-state index in [1.165, 1.54) is 18.3 Å². The Morgan fingerprint density at radius 1 is 1.07 bits per heavy atom. The highest BCUT2D eigenvalue weighted by atomic mass is 35.5. The third-order valence-corrected chi connectivity index (χ3v) is 6.27. The van der Waals surface area contributed by atoms with Gasteiger partial charge in [-0.3, -0.25) is 9.59 Å². The molecule has 152 valence electrons. The lowest BCUT2D eigenvalue weighted by Crippen LogP contribution is -2.28. The van der Waals surface area contributed by atoms with Crippen molar-refractivity contribution in [1.82, 2.24) is 5.01 Å². The zero-order chi connectivity index (χ0) is 20.8. The largest absolute Gasteiger partial charge is 0.488 e. The van der Waals surface area contributed by atoms with E-state index in [0.29, 0.717) is 16.3 Å². The van der Waals surface area contributed by atoms with Gasteiger partial charge in [0, 0.05) is 10.6 Å². The van der Waals surface area contributed by atoms with Crippen molar-refractivity contribution in [1.29, 1.82) is 0 Å². The Kier molecular flexibility index (Phi) is 4.66. The lowest BCUT2D eigenvalue weighted by Gasteiger charge is -2.13. The van der Waals surface area contributed by atoms with E-state index in [2.05, 4.69) is 5.10 Å². The quantitative estimate of drug-likeness (QED) is 0.410. The predicted octanol–water partition coefficient (Wildman–Crippen LogP) is 4.20. The number of amides is 2. The van der Waals surface area contributed by atoms with Crippen molar-refractivity contribution in [2.45, 2.75) is 13.0 Å². The molecule has 1 saturated carbocycles. The molecule has 2 aromatic rings. The Morgan fingerprint density at radius 3 is 2.40 bits per heavy atom. The highest BCUT2D eigenvalue weighted by Gasteiger charge is 2.59. The van der Waals surface area contributed by atoms with Gasteiger partial charge in [-0.15, -0.1) is 0 Å². The fourth-order valence-electron chi connectivity index (χ4n) is 4.61. The topological polar surface area (TPSA) is 59.0 Å². The fraction of sp³-hybridized carbons (Fsp3) is 0.261. The molecule has 5 rings (SSSR count). The Hall–Kier alpha value is -2.99. The number of benzene rings is 2. The maximum absolute atomic E-state index is 13.1. The molecule has 2 aromatic carbocycles. The number of rotatable bonds is 5. The van der Waals surface area contributed by atoms with Crippen LogP contribution in [0.3, 0.4) is 0 Å². The van der Waals surface area contributed by atoms with E-state index in [1.807, 2.05) is 12.2 Å². The van der Waals surface area contributed by atoms with Crippen LogP contribution in [0.2, 0.25) is 5.02 Å². The molecular formula is C23H18ClFN2O3. The van der Waals surface area contributed by atoms with Gasteiger partial charge in [0.2, 0.25) is 0 Å². The first-order valence-electron chi connectivity index (χ1n) is 9.78. The van der Waals surface area contributed by atoms with Gasteiger partial charge in [0.25, 0.3) is 11.8 Å². The van der Waals surface area contributed by atoms with Crippen LogP contribution in [0, 0.1) is 29.5 Å². The number of ether oxygens (including phenoxy) is 1. The zero-order valence-electron chi connectivity index (χ0n) is 15.9. The van der Waals surface area contributed by atoms with E-state index < -0.39 is 0 Å². The number of carbonyl (C=O) groups is 2. The molecule has 0 aromatic heterocycles. The molecule has 0 spiro atoms. The van der Waals surface area contributed by atoms with Gasteiger partial charge in [-0.25, -0.2) is 4.39 Å². The van der Waals surface area contributed by atoms with Gasteiger partial charge in [0.15, 0.2) is 0 Å². The van der Waals surface area contributed by atoms with Gasteiger partial charge < -0.3 is 4.74 Å².